The zero-order chi connectivity index (χ0) is 12.3. The van der Waals surface area contributed by atoms with Crippen LogP contribution in [0.15, 0.2) is 24.3 Å². The van der Waals surface area contributed by atoms with Crippen molar-refractivity contribution in [3.63, 3.8) is 0 Å². The van der Waals surface area contributed by atoms with E-state index >= 15 is 0 Å². The number of epoxide rings is 1. The third-order valence-electron chi connectivity index (χ3n) is 2.66. The lowest BCUT2D eigenvalue weighted by Gasteiger charge is -2.00. The molecule has 1 aliphatic rings. The number of carbonyl (C=O) groups excluding carboxylic acids is 1. The lowest BCUT2D eigenvalue weighted by Crippen LogP contribution is -2.13. The van der Waals surface area contributed by atoms with E-state index in [1.54, 1.807) is 12.1 Å². The van der Waals surface area contributed by atoms with Crippen LogP contribution in [0.4, 0.5) is 0 Å². The van der Waals surface area contributed by atoms with Gasteiger partial charge in [-0.2, -0.15) is 0 Å². The fourth-order valence-corrected chi connectivity index (χ4v) is 1.72. The second-order valence-electron chi connectivity index (χ2n) is 4.05. The molecule has 0 spiro atoms. The fourth-order valence-electron chi connectivity index (χ4n) is 1.60. The number of hydrogen-bond acceptors (Lipinski definition) is 3. The van der Waals surface area contributed by atoms with Gasteiger partial charge < -0.3 is 9.47 Å². The summed E-state index contributed by atoms with van der Waals surface area (Å²) < 4.78 is 10.4. The molecule has 0 saturated carbocycles. The van der Waals surface area contributed by atoms with Gasteiger partial charge in [0.25, 0.3) is 0 Å². The van der Waals surface area contributed by atoms with Crippen molar-refractivity contribution in [2.24, 2.45) is 0 Å². The van der Waals surface area contributed by atoms with Crippen molar-refractivity contribution < 1.29 is 14.3 Å². The SMILES string of the molecule is CCCCOC(=O)[C@H]1O[C@@H]1c1ccc(Cl)cc1. The molecule has 1 fully saturated rings. The highest BCUT2D eigenvalue weighted by Gasteiger charge is 2.47. The van der Waals surface area contributed by atoms with Crippen molar-refractivity contribution in [2.45, 2.75) is 32.0 Å². The molecule has 0 unspecified atom stereocenters. The van der Waals surface area contributed by atoms with Crippen LogP contribution in [0.25, 0.3) is 0 Å². The average Bonchev–Trinajstić information content (AvgIpc) is 3.10. The molecule has 1 heterocycles. The Kier molecular flexibility index (Phi) is 4.02. The molecule has 0 aliphatic carbocycles. The zero-order valence-electron chi connectivity index (χ0n) is 9.69. The molecule has 4 heteroatoms. The molecule has 17 heavy (non-hydrogen) atoms. The molecule has 92 valence electrons. The van der Waals surface area contributed by atoms with Gasteiger partial charge in [0, 0.05) is 5.02 Å². The number of ether oxygens (including phenoxy) is 2. The predicted octanol–water partition coefficient (Wildman–Crippen LogP) is 3.12. The van der Waals surface area contributed by atoms with Gasteiger partial charge in [-0.25, -0.2) is 4.79 Å². The van der Waals surface area contributed by atoms with Gasteiger partial charge in [-0.05, 0) is 24.1 Å². The second-order valence-corrected chi connectivity index (χ2v) is 4.49. The monoisotopic (exact) mass is 254 g/mol. The van der Waals surface area contributed by atoms with Crippen molar-refractivity contribution in [3.05, 3.63) is 34.9 Å². The Morgan fingerprint density at radius 2 is 2.12 bits per heavy atom. The van der Waals surface area contributed by atoms with Gasteiger partial charge in [-0.3, -0.25) is 0 Å². The molecule has 0 radical (unpaired) electrons. The Morgan fingerprint density at radius 1 is 1.41 bits per heavy atom. The summed E-state index contributed by atoms with van der Waals surface area (Å²) in [7, 11) is 0. The Hall–Kier alpha value is -1.06. The first-order valence-electron chi connectivity index (χ1n) is 5.80. The first-order chi connectivity index (χ1) is 8.22. The first kappa shape index (κ1) is 12.4. The topological polar surface area (TPSA) is 38.8 Å². The van der Waals surface area contributed by atoms with Gasteiger partial charge in [-0.15, -0.1) is 0 Å². The summed E-state index contributed by atoms with van der Waals surface area (Å²) >= 11 is 5.79. The van der Waals surface area contributed by atoms with E-state index in [1.807, 2.05) is 12.1 Å². The second kappa shape index (κ2) is 5.52. The highest BCUT2D eigenvalue weighted by atomic mass is 35.5. The predicted molar refractivity (Wildman–Crippen MR) is 64.9 cm³/mol. The molecule has 1 aromatic rings. The number of hydrogen-bond donors (Lipinski definition) is 0. The van der Waals surface area contributed by atoms with Crippen molar-refractivity contribution in [2.75, 3.05) is 6.61 Å². The number of carbonyl (C=O) groups is 1. The molecule has 1 saturated heterocycles. The molecule has 0 N–H and O–H groups in total. The summed E-state index contributed by atoms with van der Waals surface area (Å²) in [5.41, 5.74) is 0.965. The normalized spacial score (nSPS) is 22.2. The Balaban J connectivity index is 1.83. The molecule has 1 aliphatic heterocycles. The zero-order valence-corrected chi connectivity index (χ0v) is 10.4. The lowest BCUT2D eigenvalue weighted by atomic mass is 10.1. The summed E-state index contributed by atoms with van der Waals surface area (Å²) in [4.78, 5) is 11.6. The van der Waals surface area contributed by atoms with E-state index in [-0.39, 0.29) is 12.1 Å². The van der Waals surface area contributed by atoms with Gasteiger partial charge in [0.05, 0.1) is 6.61 Å². The summed E-state index contributed by atoms with van der Waals surface area (Å²) in [6.45, 7) is 2.53. The average molecular weight is 255 g/mol. The van der Waals surface area contributed by atoms with Crippen molar-refractivity contribution in [3.8, 4) is 0 Å². The van der Waals surface area contributed by atoms with Gasteiger partial charge in [0.15, 0.2) is 6.10 Å². The van der Waals surface area contributed by atoms with Crippen LogP contribution in [0.3, 0.4) is 0 Å². The third kappa shape index (κ3) is 3.20. The van der Waals surface area contributed by atoms with E-state index < -0.39 is 6.10 Å². The van der Waals surface area contributed by atoms with Crippen molar-refractivity contribution >= 4 is 17.6 Å². The third-order valence-corrected chi connectivity index (χ3v) is 2.92. The highest BCUT2D eigenvalue weighted by Crippen LogP contribution is 2.39. The van der Waals surface area contributed by atoms with Gasteiger partial charge in [0.1, 0.15) is 6.10 Å². The largest absolute Gasteiger partial charge is 0.464 e. The van der Waals surface area contributed by atoms with E-state index in [0.29, 0.717) is 11.6 Å². The molecule has 0 bridgehead atoms. The van der Waals surface area contributed by atoms with Crippen LogP contribution in [-0.4, -0.2) is 18.7 Å². The molecular formula is C13H15ClO3. The molecule has 1 aromatic carbocycles. The molecule has 3 nitrogen and oxygen atoms in total. The van der Waals surface area contributed by atoms with Gasteiger partial charge in [0.2, 0.25) is 0 Å². The van der Waals surface area contributed by atoms with E-state index in [0.717, 1.165) is 18.4 Å². The van der Waals surface area contributed by atoms with Crippen LogP contribution in [-0.2, 0) is 14.3 Å². The summed E-state index contributed by atoms with van der Waals surface area (Å²) in [5, 5.41) is 0.677. The smallest absolute Gasteiger partial charge is 0.338 e. The number of unbranched alkanes of at least 4 members (excludes halogenated alkanes) is 1. The van der Waals surface area contributed by atoms with Crippen molar-refractivity contribution in [1.82, 2.24) is 0 Å². The standard InChI is InChI=1S/C13H15ClO3/c1-2-3-8-16-13(15)12-11(17-12)9-4-6-10(14)7-5-9/h4-7,11-12H,2-3,8H2,1H3/t11-,12+/m1/s1. The van der Waals surface area contributed by atoms with E-state index in [9.17, 15) is 4.79 Å². The van der Waals surface area contributed by atoms with Gasteiger partial charge in [-0.1, -0.05) is 37.1 Å². The Labute approximate surface area is 106 Å². The van der Waals surface area contributed by atoms with E-state index in [1.165, 1.54) is 0 Å². The maximum absolute atomic E-state index is 11.6. The first-order valence-corrected chi connectivity index (χ1v) is 6.17. The summed E-state index contributed by atoms with van der Waals surface area (Å²) in [5.74, 6) is -0.265. The van der Waals surface area contributed by atoms with Crippen LogP contribution in [0.5, 0.6) is 0 Å². The van der Waals surface area contributed by atoms with Crippen LogP contribution in [0.2, 0.25) is 5.02 Å². The lowest BCUT2D eigenvalue weighted by molar-refractivity contribution is -0.145. The summed E-state index contributed by atoms with van der Waals surface area (Å²) in [6.07, 6.45) is 1.30. The number of esters is 1. The highest BCUT2D eigenvalue weighted by molar-refractivity contribution is 6.30. The fraction of sp³-hybridized carbons (Fsp3) is 0.462. The van der Waals surface area contributed by atoms with Crippen LogP contribution >= 0.6 is 11.6 Å². The maximum atomic E-state index is 11.6. The van der Waals surface area contributed by atoms with Crippen LogP contribution < -0.4 is 0 Å². The Bertz CT molecular complexity index is 388. The number of rotatable bonds is 5. The van der Waals surface area contributed by atoms with Gasteiger partial charge >= 0.3 is 5.97 Å². The minimum absolute atomic E-state index is 0.165. The molecule has 2 atom stereocenters. The van der Waals surface area contributed by atoms with Crippen LogP contribution in [0, 0.1) is 0 Å². The van der Waals surface area contributed by atoms with Crippen molar-refractivity contribution in [1.29, 1.82) is 0 Å². The maximum Gasteiger partial charge on any atom is 0.338 e. The quantitative estimate of drug-likeness (QED) is 0.460. The minimum Gasteiger partial charge on any atom is -0.464 e. The Morgan fingerprint density at radius 3 is 2.76 bits per heavy atom. The molecular weight excluding hydrogens is 240 g/mol. The minimum atomic E-state index is -0.437. The number of halogens is 1. The van der Waals surface area contributed by atoms with E-state index in [2.05, 4.69) is 6.92 Å². The van der Waals surface area contributed by atoms with Crippen LogP contribution in [0.1, 0.15) is 31.4 Å². The number of benzene rings is 1. The summed E-state index contributed by atoms with van der Waals surface area (Å²) in [6, 6.07) is 7.31. The molecule has 2 rings (SSSR count). The molecule has 0 amide bonds. The van der Waals surface area contributed by atoms with E-state index in [4.69, 9.17) is 21.1 Å². The molecule has 0 aromatic heterocycles.